The Balaban J connectivity index is 1.84. The van der Waals surface area contributed by atoms with Crippen LogP contribution in [0.4, 0.5) is 14.3 Å². The number of esters is 1. The lowest BCUT2D eigenvalue weighted by atomic mass is 10.2. The maximum Gasteiger partial charge on any atom is 0.410 e. The first-order chi connectivity index (χ1) is 20.9. The number of nitrogens with zero attached hydrogens (tertiary/aromatic N) is 2. The maximum atomic E-state index is 14.7. The van der Waals surface area contributed by atoms with Crippen molar-refractivity contribution in [3.8, 4) is 17.6 Å². The summed E-state index contributed by atoms with van der Waals surface area (Å²) in [6.45, 7) is 18.4. The Bertz CT molecular complexity index is 1340. The van der Waals surface area contributed by atoms with E-state index in [9.17, 15) is 14.0 Å². The van der Waals surface area contributed by atoms with Crippen LogP contribution in [0.1, 0.15) is 81.7 Å². The topological polar surface area (TPSA) is 99.2 Å². The van der Waals surface area contributed by atoms with E-state index in [0.29, 0.717) is 23.5 Å². The van der Waals surface area contributed by atoms with Gasteiger partial charge in [0.2, 0.25) is 0 Å². The van der Waals surface area contributed by atoms with E-state index in [1.807, 2.05) is 0 Å². The molecule has 9 nitrogen and oxygen atoms in total. The fourth-order valence-corrected chi connectivity index (χ4v) is 5.70. The lowest BCUT2D eigenvalue weighted by molar-refractivity contribution is 0.0320. The Morgan fingerprint density at radius 3 is 2.42 bits per heavy atom. The molecular formula is C33H50FN3O6SSi. The molecule has 1 amide bonds. The zero-order chi connectivity index (χ0) is 33.8. The van der Waals surface area contributed by atoms with E-state index < -0.39 is 31.8 Å². The molecule has 2 aromatic rings. The van der Waals surface area contributed by atoms with Crippen molar-refractivity contribution in [3.05, 3.63) is 40.2 Å². The monoisotopic (exact) mass is 663 g/mol. The van der Waals surface area contributed by atoms with Crippen molar-refractivity contribution in [2.45, 2.75) is 91.0 Å². The van der Waals surface area contributed by atoms with Crippen LogP contribution >= 0.6 is 11.3 Å². The highest BCUT2D eigenvalue weighted by molar-refractivity contribution is 7.15. The molecule has 0 aliphatic rings. The third-order valence-electron chi connectivity index (χ3n) is 7.18. The molecule has 2 rings (SSSR count). The number of ether oxygens (including phenoxy) is 3. The normalized spacial score (nSPS) is 11.8. The third kappa shape index (κ3) is 13.0. The number of aryl methyl sites for hydroxylation is 1. The number of aromatic nitrogens is 1. The van der Waals surface area contributed by atoms with Gasteiger partial charge in [0.15, 0.2) is 30.7 Å². The average molecular weight is 664 g/mol. The van der Waals surface area contributed by atoms with Crippen molar-refractivity contribution in [3.63, 3.8) is 0 Å². The summed E-state index contributed by atoms with van der Waals surface area (Å²) < 4.78 is 36.8. The van der Waals surface area contributed by atoms with E-state index in [4.69, 9.17) is 18.6 Å². The summed E-state index contributed by atoms with van der Waals surface area (Å²) in [5.74, 6) is 4.80. The number of carbonyl (C=O) groups excluding carboxylic acids is 2. The Morgan fingerprint density at radius 1 is 1.09 bits per heavy atom. The highest BCUT2D eigenvalue weighted by atomic mass is 32.1. The van der Waals surface area contributed by atoms with Crippen LogP contribution in [-0.2, 0) is 20.3 Å². The zero-order valence-electron chi connectivity index (χ0n) is 28.5. The molecule has 12 heteroatoms. The highest BCUT2D eigenvalue weighted by Gasteiger charge is 2.36. The van der Waals surface area contributed by atoms with Crippen molar-refractivity contribution < 1.29 is 32.6 Å². The first-order valence-electron chi connectivity index (χ1n) is 15.2. The molecule has 0 radical (unpaired) electrons. The number of halogens is 1. The highest BCUT2D eigenvalue weighted by Crippen LogP contribution is 2.36. The lowest BCUT2D eigenvalue weighted by Gasteiger charge is -2.36. The quantitative estimate of drug-likeness (QED) is 0.0960. The van der Waals surface area contributed by atoms with Gasteiger partial charge in [-0.2, -0.15) is 0 Å². The predicted octanol–water partition coefficient (Wildman–Crippen LogP) is 7.51. The number of nitrogens with one attached hydrogen (secondary N) is 1. The molecule has 0 bridgehead atoms. The number of unbranched alkanes of at least 4 members (excludes halogenated alkanes) is 1. The molecule has 1 aromatic heterocycles. The van der Waals surface area contributed by atoms with Gasteiger partial charge in [0.05, 0.1) is 20.3 Å². The number of methoxy groups -OCH3 is 1. The molecule has 1 heterocycles. The minimum atomic E-state index is -1.74. The Hall–Kier alpha value is -3.14. The van der Waals surface area contributed by atoms with Crippen LogP contribution in [0, 0.1) is 17.7 Å². The predicted molar refractivity (Wildman–Crippen MR) is 180 cm³/mol. The van der Waals surface area contributed by atoms with Crippen molar-refractivity contribution >= 4 is 36.8 Å². The molecular weight excluding hydrogens is 614 g/mol. The van der Waals surface area contributed by atoms with Gasteiger partial charge in [0.1, 0.15) is 5.60 Å². The second kappa shape index (κ2) is 17.0. The minimum absolute atomic E-state index is 0.115. The number of amides is 1. The summed E-state index contributed by atoms with van der Waals surface area (Å²) >= 11 is 1.42. The molecule has 1 aromatic carbocycles. The lowest BCUT2D eigenvalue weighted by Crippen LogP contribution is -2.41. The Labute approximate surface area is 273 Å². The van der Waals surface area contributed by atoms with Crippen LogP contribution in [0.15, 0.2) is 18.2 Å². The molecule has 0 spiro atoms. The van der Waals surface area contributed by atoms with E-state index in [1.54, 1.807) is 33.9 Å². The smallest absolute Gasteiger partial charge is 0.410 e. The van der Waals surface area contributed by atoms with E-state index in [-0.39, 0.29) is 29.6 Å². The summed E-state index contributed by atoms with van der Waals surface area (Å²) in [7, 11) is 1.18. The fourth-order valence-electron chi connectivity index (χ4n) is 3.59. The van der Waals surface area contributed by atoms with Crippen LogP contribution < -0.4 is 10.1 Å². The summed E-state index contributed by atoms with van der Waals surface area (Å²) in [6.07, 6.45) is 2.46. The number of rotatable bonds is 14. The van der Waals surface area contributed by atoms with E-state index >= 15 is 0 Å². The van der Waals surface area contributed by atoms with Gasteiger partial charge in [-0.15, -0.1) is 11.3 Å². The second-order valence-corrected chi connectivity index (χ2v) is 19.2. The SMILES string of the molecule is COC(=O)c1nc(NCCCCO[Si](C)(C)C(C)(C)C)sc1CCCOc1ccc(C#CCN(C)C(=O)OC(C)(C)C)cc1F. The fraction of sp³-hybridized carbons (Fsp3) is 0.606. The van der Waals surface area contributed by atoms with Crippen LogP contribution in [0.5, 0.6) is 5.75 Å². The van der Waals surface area contributed by atoms with Crippen molar-refractivity contribution in [2.75, 3.05) is 45.8 Å². The van der Waals surface area contributed by atoms with Gasteiger partial charge < -0.3 is 28.9 Å². The molecule has 0 atom stereocenters. The minimum Gasteiger partial charge on any atom is -0.491 e. The van der Waals surface area contributed by atoms with Gasteiger partial charge in [-0.05, 0) is 82.8 Å². The molecule has 1 N–H and O–H groups in total. The third-order valence-corrected chi connectivity index (χ3v) is 12.8. The number of thiazole rings is 1. The van der Waals surface area contributed by atoms with Gasteiger partial charge in [-0.25, -0.2) is 19.0 Å². The largest absolute Gasteiger partial charge is 0.491 e. The molecule has 0 aliphatic heterocycles. The van der Waals surface area contributed by atoms with Crippen molar-refractivity contribution in [1.29, 1.82) is 0 Å². The van der Waals surface area contributed by atoms with Crippen LogP contribution in [0.25, 0.3) is 0 Å². The number of hydrogen-bond acceptors (Lipinski definition) is 9. The van der Waals surface area contributed by atoms with Gasteiger partial charge in [0, 0.05) is 30.6 Å². The zero-order valence-corrected chi connectivity index (χ0v) is 30.3. The summed E-state index contributed by atoms with van der Waals surface area (Å²) in [6, 6.07) is 4.49. The Kier molecular flexibility index (Phi) is 14.3. The van der Waals surface area contributed by atoms with Crippen LogP contribution in [0.3, 0.4) is 0 Å². The summed E-state index contributed by atoms with van der Waals surface area (Å²) in [5.41, 5.74) is 0.161. The number of anilines is 1. The van der Waals surface area contributed by atoms with Gasteiger partial charge >= 0.3 is 12.1 Å². The summed E-state index contributed by atoms with van der Waals surface area (Å²) in [5, 5.41) is 4.17. The van der Waals surface area contributed by atoms with Gasteiger partial charge in [-0.1, -0.05) is 32.6 Å². The molecule has 0 aliphatic carbocycles. The first-order valence-corrected chi connectivity index (χ1v) is 19.0. The van der Waals surface area contributed by atoms with Crippen LogP contribution in [0.2, 0.25) is 18.1 Å². The van der Waals surface area contributed by atoms with E-state index in [0.717, 1.165) is 30.9 Å². The Morgan fingerprint density at radius 2 is 1.80 bits per heavy atom. The molecule has 0 saturated carbocycles. The van der Waals surface area contributed by atoms with Gasteiger partial charge in [0.25, 0.3) is 0 Å². The van der Waals surface area contributed by atoms with E-state index in [2.05, 4.69) is 56.0 Å². The van der Waals surface area contributed by atoms with Gasteiger partial charge in [-0.3, -0.25) is 0 Å². The number of carbonyl (C=O) groups is 2. The first kappa shape index (κ1) is 38.0. The van der Waals surface area contributed by atoms with Crippen molar-refractivity contribution in [2.24, 2.45) is 0 Å². The molecule has 250 valence electrons. The second-order valence-electron chi connectivity index (χ2n) is 13.3. The summed E-state index contributed by atoms with van der Waals surface area (Å²) in [4.78, 5) is 31.0. The standard InChI is InChI=1S/C33H50FN3O6SSi/c1-32(2,3)43-31(39)37(7)20-13-15-24-17-18-26(25(34)23-24)41-21-14-16-27-28(29(38)40-8)36-30(44-27)35-19-11-12-22-42-45(9,10)33(4,5)6/h17-18,23H,11-12,14,16,19-22H2,1-10H3,(H,35,36). The molecule has 0 saturated heterocycles. The average Bonchev–Trinajstić information content (AvgIpc) is 3.34. The maximum absolute atomic E-state index is 14.7. The number of hydrogen-bond donors (Lipinski definition) is 1. The molecule has 0 unspecified atom stereocenters. The molecule has 0 fully saturated rings. The van der Waals surface area contributed by atoms with E-state index in [1.165, 1.54) is 35.5 Å². The van der Waals surface area contributed by atoms with Crippen molar-refractivity contribution in [1.82, 2.24) is 9.88 Å². The number of benzene rings is 1. The van der Waals surface area contributed by atoms with Crippen LogP contribution in [-0.4, -0.2) is 76.3 Å². The molecule has 45 heavy (non-hydrogen) atoms.